The van der Waals surface area contributed by atoms with Crippen molar-refractivity contribution in [1.29, 1.82) is 0 Å². The summed E-state index contributed by atoms with van der Waals surface area (Å²) in [5.74, 6) is -1.06. The lowest BCUT2D eigenvalue weighted by molar-refractivity contribution is 0.449. The highest BCUT2D eigenvalue weighted by Crippen LogP contribution is 2.45. The zero-order chi connectivity index (χ0) is 17.1. The highest BCUT2D eigenvalue weighted by atomic mass is 16.3. The molecule has 6 heteroatoms. The predicted octanol–water partition coefficient (Wildman–Crippen LogP) is 4.59. The van der Waals surface area contributed by atoms with Gasteiger partial charge < -0.3 is 20.4 Å². The molecule has 0 heterocycles. The van der Waals surface area contributed by atoms with Crippen molar-refractivity contribution in [3.8, 4) is 34.1 Å². The predicted molar refractivity (Wildman–Crippen MR) is 89.2 cm³/mol. The Bertz CT molecular complexity index is 888. The molecule has 0 saturated carbocycles. The Kier molecular flexibility index (Phi) is 4.03. The normalized spacial score (nSPS) is 11.0. The molecular weight excluding hydrogens is 308 g/mol. The third-order valence-corrected chi connectivity index (χ3v) is 3.46. The lowest BCUT2D eigenvalue weighted by Crippen LogP contribution is -1.80. The van der Waals surface area contributed by atoms with Crippen LogP contribution in [0.15, 0.2) is 70.9 Å². The lowest BCUT2D eigenvalue weighted by Gasteiger charge is -2.08. The number of phenolic OH excluding ortho intramolecular Hbond substituents is 4. The Morgan fingerprint density at radius 1 is 0.542 bits per heavy atom. The second kappa shape index (κ2) is 6.29. The number of hydrogen-bond donors (Lipinski definition) is 4. The molecule has 0 saturated heterocycles. The molecule has 4 N–H and O–H groups in total. The quantitative estimate of drug-likeness (QED) is 0.529. The summed E-state index contributed by atoms with van der Waals surface area (Å²) in [5, 5.41) is 47.3. The average Bonchev–Trinajstić information content (AvgIpc) is 2.58. The molecule has 24 heavy (non-hydrogen) atoms. The van der Waals surface area contributed by atoms with Gasteiger partial charge in [-0.3, -0.25) is 0 Å². The van der Waals surface area contributed by atoms with Crippen LogP contribution in [0.5, 0.6) is 23.0 Å². The van der Waals surface area contributed by atoms with Gasteiger partial charge in [-0.1, -0.05) is 36.4 Å². The summed E-state index contributed by atoms with van der Waals surface area (Å²) in [4.78, 5) is 0. The molecule has 0 atom stereocenters. The summed E-state index contributed by atoms with van der Waals surface area (Å²) in [6, 6.07) is 16.2. The van der Waals surface area contributed by atoms with Crippen molar-refractivity contribution in [1.82, 2.24) is 0 Å². The Hall–Kier alpha value is -3.54. The monoisotopic (exact) mass is 322 g/mol. The van der Waals surface area contributed by atoms with Gasteiger partial charge in [-0.25, -0.2) is 0 Å². The molecule has 0 aromatic heterocycles. The van der Waals surface area contributed by atoms with Crippen molar-refractivity contribution in [2.24, 2.45) is 10.2 Å². The van der Waals surface area contributed by atoms with Gasteiger partial charge in [-0.15, -0.1) is 10.2 Å². The molecule has 120 valence electrons. The van der Waals surface area contributed by atoms with Crippen LogP contribution < -0.4 is 0 Å². The summed E-state index contributed by atoms with van der Waals surface area (Å²) in [5.41, 5.74) is 0.918. The first-order valence-corrected chi connectivity index (χ1v) is 7.11. The first kappa shape index (κ1) is 15.4. The number of aromatic hydroxyl groups is 4. The van der Waals surface area contributed by atoms with Crippen LogP contribution in [-0.4, -0.2) is 20.4 Å². The minimum atomic E-state index is -0.272. The Morgan fingerprint density at radius 3 is 1.79 bits per heavy atom. The van der Waals surface area contributed by atoms with E-state index < -0.39 is 0 Å². The van der Waals surface area contributed by atoms with E-state index in [2.05, 4.69) is 10.2 Å². The maximum absolute atomic E-state index is 10.4. The average molecular weight is 322 g/mol. The van der Waals surface area contributed by atoms with E-state index in [1.807, 2.05) is 30.3 Å². The van der Waals surface area contributed by atoms with Gasteiger partial charge in [0, 0.05) is 5.56 Å². The summed E-state index contributed by atoms with van der Waals surface area (Å²) in [6.45, 7) is 0. The van der Waals surface area contributed by atoms with E-state index in [4.69, 9.17) is 0 Å². The van der Waals surface area contributed by atoms with Crippen LogP contribution in [0, 0.1) is 0 Å². The van der Waals surface area contributed by atoms with E-state index in [1.165, 1.54) is 24.3 Å². The second-order valence-corrected chi connectivity index (χ2v) is 5.04. The minimum Gasteiger partial charge on any atom is -0.505 e. The van der Waals surface area contributed by atoms with Crippen molar-refractivity contribution in [3.63, 3.8) is 0 Å². The number of phenols is 4. The molecule has 3 aromatic rings. The van der Waals surface area contributed by atoms with E-state index >= 15 is 0 Å². The molecule has 0 aliphatic rings. The molecule has 0 aliphatic heterocycles. The van der Waals surface area contributed by atoms with Crippen LogP contribution in [0.1, 0.15) is 0 Å². The fourth-order valence-electron chi connectivity index (χ4n) is 2.24. The van der Waals surface area contributed by atoms with E-state index in [0.29, 0.717) is 5.56 Å². The topological polar surface area (TPSA) is 106 Å². The molecule has 6 nitrogen and oxygen atoms in total. The fraction of sp³-hybridized carbons (Fsp3) is 0. The van der Waals surface area contributed by atoms with Crippen molar-refractivity contribution in [2.45, 2.75) is 0 Å². The first-order valence-electron chi connectivity index (χ1n) is 7.11. The van der Waals surface area contributed by atoms with Crippen LogP contribution in [0.2, 0.25) is 0 Å². The number of benzene rings is 3. The molecule has 0 radical (unpaired) electrons. The Labute approximate surface area is 137 Å². The summed E-state index contributed by atoms with van der Waals surface area (Å²) >= 11 is 0. The number of nitrogens with zero attached hydrogens (tertiary/aromatic N) is 2. The Morgan fingerprint density at radius 2 is 1.12 bits per heavy atom. The molecule has 0 bridgehead atoms. The van der Waals surface area contributed by atoms with Crippen molar-refractivity contribution >= 4 is 11.4 Å². The summed E-state index contributed by atoms with van der Waals surface area (Å²) < 4.78 is 0. The van der Waals surface area contributed by atoms with Crippen LogP contribution in [0.3, 0.4) is 0 Å². The van der Waals surface area contributed by atoms with Crippen molar-refractivity contribution in [2.75, 3.05) is 0 Å². The molecule has 3 aromatic carbocycles. The molecule has 0 aliphatic carbocycles. The third-order valence-electron chi connectivity index (χ3n) is 3.46. The Balaban J connectivity index is 2.07. The van der Waals surface area contributed by atoms with Gasteiger partial charge in [0.25, 0.3) is 0 Å². The van der Waals surface area contributed by atoms with Crippen LogP contribution in [-0.2, 0) is 0 Å². The zero-order valence-electron chi connectivity index (χ0n) is 12.5. The minimum absolute atomic E-state index is 0.151. The number of rotatable bonds is 3. The SMILES string of the molecule is Oc1cccc(O)c1N=Nc1c(O)ccc(-c2ccccc2)c1O. The fourth-order valence-corrected chi connectivity index (χ4v) is 2.24. The largest absolute Gasteiger partial charge is 0.505 e. The van der Waals surface area contributed by atoms with E-state index in [-0.39, 0.29) is 34.4 Å². The smallest absolute Gasteiger partial charge is 0.170 e. The standard InChI is InChI=1S/C18H14N2O4/c21-13-7-4-8-14(22)16(13)19-20-17-15(23)10-9-12(18(17)24)11-5-2-1-3-6-11/h1-10,21-24H. The molecule has 3 rings (SSSR count). The lowest BCUT2D eigenvalue weighted by atomic mass is 10.0. The van der Waals surface area contributed by atoms with Gasteiger partial charge >= 0.3 is 0 Å². The van der Waals surface area contributed by atoms with Gasteiger partial charge in [0.05, 0.1) is 0 Å². The molecular formula is C18H14N2O4. The van der Waals surface area contributed by atoms with E-state index in [1.54, 1.807) is 6.07 Å². The van der Waals surface area contributed by atoms with E-state index in [0.717, 1.165) is 5.56 Å². The molecule has 0 spiro atoms. The van der Waals surface area contributed by atoms with Gasteiger partial charge in [0.15, 0.2) is 17.1 Å². The third kappa shape index (κ3) is 2.85. The summed E-state index contributed by atoms with van der Waals surface area (Å²) in [7, 11) is 0. The number of azo groups is 1. The maximum Gasteiger partial charge on any atom is 0.170 e. The van der Waals surface area contributed by atoms with Gasteiger partial charge in [-0.05, 0) is 29.8 Å². The highest BCUT2D eigenvalue weighted by Gasteiger charge is 2.14. The van der Waals surface area contributed by atoms with Crippen molar-refractivity contribution < 1.29 is 20.4 Å². The first-order chi connectivity index (χ1) is 11.6. The van der Waals surface area contributed by atoms with Crippen LogP contribution in [0.25, 0.3) is 11.1 Å². The molecule has 0 amide bonds. The van der Waals surface area contributed by atoms with Gasteiger partial charge in [-0.2, -0.15) is 0 Å². The van der Waals surface area contributed by atoms with Crippen LogP contribution in [0.4, 0.5) is 11.4 Å². The molecule has 0 unspecified atom stereocenters. The molecule has 0 fully saturated rings. The maximum atomic E-state index is 10.4. The second-order valence-electron chi connectivity index (χ2n) is 5.04. The van der Waals surface area contributed by atoms with E-state index in [9.17, 15) is 20.4 Å². The number of hydrogen-bond acceptors (Lipinski definition) is 6. The zero-order valence-corrected chi connectivity index (χ0v) is 12.5. The van der Waals surface area contributed by atoms with Crippen molar-refractivity contribution in [3.05, 3.63) is 60.7 Å². The van der Waals surface area contributed by atoms with Gasteiger partial charge in [0.2, 0.25) is 0 Å². The van der Waals surface area contributed by atoms with Crippen LogP contribution >= 0.6 is 0 Å². The summed E-state index contributed by atoms with van der Waals surface area (Å²) in [6.07, 6.45) is 0. The highest BCUT2D eigenvalue weighted by molar-refractivity contribution is 5.79. The van der Waals surface area contributed by atoms with Gasteiger partial charge in [0.1, 0.15) is 17.2 Å².